The van der Waals surface area contributed by atoms with Crippen molar-refractivity contribution in [2.45, 2.75) is 91.3 Å². The molecule has 0 saturated heterocycles. The van der Waals surface area contributed by atoms with Crippen LogP contribution in [0.4, 0.5) is 10.5 Å². The number of unbranched alkanes of at least 4 members (excludes halogenated alkanes) is 4. The number of nitrogens with one attached hydrogen (secondary N) is 2. The van der Waals surface area contributed by atoms with Crippen LogP contribution in [0.3, 0.4) is 0 Å². The summed E-state index contributed by atoms with van der Waals surface area (Å²) in [6.07, 6.45) is 4.16. The first kappa shape index (κ1) is 34.0. The van der Waals surface area contributed by atoms with Crippen LogP contribution in [0.1, 0.15) is 82.5 Å². The highest BCUT2D eigenvalue weighted by atomic mass is 32.1. The number of anilines is 1. The molecule has 0 aliphatic heterocycles. The Hall–Kier alpha value is -3.20. The van der Waals surface area contributed by atoms with Crippen molar-refractivity contribution in [2.75, 3.05) is 24.7 Å². The third kappa shape index (κ3) is 10.9. The van der Waals surface area contributed by atoms with Crippen LogP contribution in [0.2, 0.25) is 0 Å². The molecule has 2 unspecified atom stereocenters. The van der Waals surface area contributed by atoms with Gasteiger partial charge in [-0.15, -0.1) is 0 Å². The molecular formula is C32H47N3O5S. The van der Waals surface area contributed by atoms with Crippen LogP contribution in [0.25, 0.3) is 0 Å². The summed E-state index contributed by atoms with van der Waals surface area (Å²) >= 11 is 4.38. The minimum atomic E-state index is -0.981. The molecule has 0 fully saturated rings. The lowest BCUT2D eigenvalue weighted by Gasteiger charge is -2.35. The van der Waals surface area contributed by atoms with Gasteiger partial charge in [-0.25, -0.2) is 4.79 Å². The van der Waals surface area contributed by atoms with Gasteiger partial charge in [0.05, 0.1) is 7.11 Å². The van der Waals surface area contributed by atoms with Crippen molar-refractivity contribution >= 4 is 36.2 Å². The largest absolute Gasteiger partial charge is 0.497 e. The van der Waals surface area contributed by atoms with E-state index in [0.29, 0.717) is 24.4 Å². The molecule has 2 rings (SSSR count). The SMILES string of the molecule is CCCCCCCN(C(=O)C(CS)NC(=O)OC(C)(C)C)C(C(=O)Nc1ccc(OC)cc1)c1ccc(C)cc1C. The number of alkyl carbamates (subject to hydrolysis) is 1. The number of thiol groups is 1. The van der Waals surface area contributed by atoms with Crippen molar-refractivity contribution in [3.05, 3.63) is 59.2 Å². The highest BCUT2D eigenvalue weighted by Gasteiger charge is 2.36. The Morgan fingerprint density at radius 1 is 0.976 bits per heavy atom. The van der Waals surface area contributed by atoms with Crippen LogP contribution < -0.4 is 15.4 Å². The fraction of sp³-hybridized carbons (Fsp3) is 0.531. The van der Waals surface area contributed by atoms with E-state index >= 15 is 0 Å². The lowest BCUT2D eigenvalue weighted by Crippen LogP contribution is -2.53. The Balaban J connectivity index is 2.50. The van der Waals surface area contributed by atoms with Gasteiger partial charge in [0.1, 0.15) is 23.4 Å². The third-order valence-corrected chi connectivity index (χ3v) is 6.96. The minimum Gasteiger partial charge on any atom is -0.497 e. The van der Waals surface area contributed by atoms with Gasteiger partial charge in [0, 0.05) is 18.0 Å². The molecule has 0 aliphatic carbocycles. The summed E-state index contributed by atoms with van der Waals surface area (Å²) in [7, 11) is 1.58. The van der Waals surface area contributed by atoms with Crippen molar-refractivity contribution < 1.29 is 23.9 Å². The van der Waals surface area contributed by atoms with Crippen molar-refractivity contribution in [1.29, 1.82) is 0 Å². The molecule has 0 bridgehead atoms. The zero-order valence-corrected chi connectivity index (χ0v) is 26.5. The summed E-state index contributed by atoms with van der Waals surface area (Å²) in [5.74, 6) is -0.0255. The number of hydrogen-bond donors (Lipinski definition) is 3. The fourth-order valence-corrected chi connectivity index (χ4v) is 4.80. The van der Waals surface area contributed by atoms with Crippen LogP contribution >= 0.6 is 12.6 Å². The van der Waals surface area contributed by atoms with Gasteiger partial charge >= 0.3 is 6.09 Å². The summed E-state index contributed by atoms with van der Waals surface area (Å²) in [6.45, 7) is 11.7. The van der Waals surface area contributed by atoms with Gasteiger partial charge in [-0.05, 0) is 76.4 Å². The molecule has 8 nitrogen and oxygen atoms in total. The van der Waals surface area contributed by atoms with Gasteiger partial charge in [0.15, 0.2) is 0 Å². The Labute approximate surface area is 251 Å². The minimum absolute atomic E-state index is 0.0457. The normalized spacial score (nSPS) is 12.7. The monoisotopic (exact) mass is 585 g/mol. The second-order valence-electron chi connectivity index (χ2n) is 11.3. The van der Waals surface area contributed by atoms with Crippen molar-refractivity contribution in [2.24, 2.45) is 0 Å². The zero-order valence-electron chi connectivity index (χ0n) is 25.6. The van der Waals surface area contributed by atoms with Crippen LogP contribution in [0, 0.1) is 13.8 Å². The Morgan fingerprint density at radius 2 is 1.63 bits per heavy atom. The number of carbonyl (C=O) groups is 3. The maximum absolute atomic E-state index is 14.1. The van der Waals surface area contributed by atoms with E-state index in [1.54, 1.807) is 57.0 Å². The third-order valence-electron chi connectivity index (χ3n) is 6.59. The van der Waals surface area contributed by atoms with E-state index in [0.717, 1.165) is 42.4 Å². The van der Waals surface area contributed by atoms with Gasteiger partial charge in [-0.1, -0.05) is 56.4 Å². The first-order chi connectivity index (χ1) is 19.4. The van der Waals surface area contributed by atoms with E-state index in [1.807, 2.05) is 32.0 Å². The van der Waals surface area contributed by atoms with E-state index in [4.69, 9.17) is 9.47 Å². The van der Waals surface area contributed by atoms with Crippen LogP contribution in [0.5, 0.6) is 5.75 Å². The molecule has 41 heavy (non-hydrogen) atoms. The Bertz CT molecular complexity index is 1150. The number of amides is 3. The van der Waals surface area contributed by atoms with Gasteiger partial charge < -0.3 is 25.0 Å². The standard InChI is InChI=1S/C32H47N3O5S/c1-8-9-10-11-12-19-35(30(37)27(21-41)34-31(38)40-32(4,5)6)28(26-18-13-22(2)20-23(26)3)29(36)33-24-14-16-25(39-7)17-15-24/h13-18,20,27-28,41H,8-12,19,21H2,1-7H3,(H,33,36)(H,34,38). The number of ether oxygens (including phenoxy) is 2. The molecule has 2 atom stereocenters. The first-order valence-electron chi connectivity index (χ1n) is 14.3. The molecule has 0 spiro atoms. The zero-order chi connectivity index (χ0) is 30.6. The number of hydrogen-bond acceptors (Lipinski definition) is 6. The quantitative estimate of drug-likeness (QED) is 0.171. The predicted molar refractivity (Wildman–Crippen MR) is 168 cm³/mol. The molecular weight excluding hydrogens is 538 g/mol. The van der Waals surface area contributed by atoms with Gasteiger partial charge in [0.2, 0.25) is 5.91 Å². The van der Waals surface area contributed by atoms with E-state index in [2.05, 4.69) is 30.2 Å². The molecule has 226 valence electrons. The maximum atomic E-state index is 14.1. The topological polar surface area (TPSA) is 97.0 Å². The predicted octanol–water partition coefficient (Wildman–Crippen LogP) is 6.61. The second kappa shape index (κ2) is 16.3. The fourth-order valence-electron chi connectivity index (χ4n) is 4.56. The molecule has 2 aromatic rings. The summed E-state index contributed by atoms with van der Waals surface area (Å²) in [5.41, 5.74) is 2.52. The first-order valence-corrected chi connectivity index (χ1v) is 15.0. The van der Waals surface area contributed by atoms with Crippen LogP contribution in [-0.2, 0) is 14.3 Å². The van der Waals surface area contributed by atoms with Gasteiger partial charge in [-0.3, -0.25) is 9.59 Å². The molecule has 0 aromatic heterocycles. The molecule has 2 aromatic carbocycles. The average Bonchev–Trinajstić information content (AvgIpc) is 2.90. The lowest BCUT2D eigenvalue weighted by molar-refractivity contribution is -0.140. The van der Waals surface area contributed by atoms with E-state index in [1.165, 1.54) is 0 Å². The molecule has 2 N–H and O–H groups in total. The summed E-state index contributed by atoms with van der Waals surface area (Å²) in [5, 5.41) is 5.66. The van der Waals surface area contributed by atoms with Crippen molar-refractivity contribution in [1.82, 2.24) is 10.2 Å². The Morgan fingerprint density at radius 3 is 2.20 bits per heavy atom. The molecule has 0 heterocycles. The lowest BCUT2D eigenvalue weighted by atomic mass is 9.96. The number of carbonyl (C=O) groups excluding carboxylic acids is 3. The highest BCUT2D eigenvalue weighted by Crippen LogP contribution is 2.29. The van der Waals surface area contributed by atoms with Gasteiger partial charge in [0.25, 0.3) is 5.91 Å². The number of aryl methyl sites for hydroxylation is 2. The maximum Gasteiger partial charge on any atom is 0.408 e. The van der Waals surface area contributed by atoms with E-state index < -0.39 is 29.7 Å². The van der Waals surface area contributed by atoms with Crippen LogP contribution in [-0.4, -0.2) is 53.9 Å². The number of benzene rings is 2. The molecule has 0 saturated carbocycles. The van der Waals surface area contributed by atoms with Crippen molar-refractivity contribution in [3.63, 3.8) is 0 Å². The highest BCUT2D eigenvalue weighted by molar-refractivity contribution is 7.80. The van der Waals surface area contributed by atoms with Gasteiger partial charge in [-0.2, -0.15) is 12.6 Å². The average molecular weight is 586 g/mol. The number of methoxy groups -OCH3 is 1. The number of nitrogens with zero attached hydrogens (tertiary/aromatic N) is 1. The van der Waals surface area contributed by atoms with E-state index in [-0.39, 0.29) is 11.7 Å². The number of rotatable bonds is 14. The van der Waals surface area contributed by atoms with Crippen LogP contribution in [0.15, 0.2) is 42.5 Å². The van der Waals surface area contributed by atoms with E-state index in [9.17, 15) is 14.4 Å². The summed E-state index contributed by atoms with van der Waals surface area (Å²) in [6, 6.07) is 11.0. The molecule has 9 heteroatoms. The van der Waals surface area contributed by atoms with Crippen molar-refractivity contribution in [3.8, 4) is 5.75 Å². The second-order valence-corrected chi connectivity index (χ2v) is 11.7. The summed E-state index contributed by atoms with van der Waals surface area (Å²) < 4.78 is 10.6. The smallest absolute Gasteiger partial charge is 0.408 e. The summed E-state index contributed by atoms with van der Waals surface area (Å²) in [4.78, 5) is 42.4. The molecule has 0 aliphatic rings. The molecule has 3 amide bonds. The molecule has 0 radical (unpaired) electrons. The Kier molecular flexibility index (Phi) is 13.5.